The first kappa shape index (κ1) is 8.22. The van der Waals surface area contributed by atoms with Gasteiger partial charge in [-0.15, -0.1) is 5.10 Å². The highest BCUT2D eigenvalue weighted by Gasteiger charge is 2.31. The van der Waals surface area contributed by atoms with Crippen LogP contribution in [0.1, 0.15) is 29.3 Å². The number of rotatable bonds is 2. The van der Waals surface area contributed by atoms with Crippen molar-refractivity contribution >= 4 is 5.91 Å². The van der Waals surface area contributed by atoms with Gasteiger partial charge in [-0.2, -0.15) is 0 Å². The second-order valence-electron chi connectivity index (χ2n) is 3.39. The Morgan fingerprint density at radius 1 is 1.62 bits per heavy atom. The largest absolute Gasteiger partial charge is 0.336 e. The van der Waals surface area contributed by atoms with Crippen molar-refractivity contribution in [2.45, 2.75) is 25.8 Å². The summed E-state index contributed by atoms with van der Waals surface area (Å²) in [4.78, 5) is 17.3. The molecule has 0 bridgehead atoms. The van der Waals surface area contributed by atoms with Crippen LogP contribution in [0, 0.1) is 6.92 Å². The average molecular weight is 180 g/mol. The predicted molar refractivity (Wildman–Crippen MR) is 46.2 cm³/mol. The summed E-state index contributed by atoms with van der Waals surface area (Å²) in [6, 6.07) is 0.409. The highest BCUT2D eigenvalue weighted by molar-refractivity contribution is 5.90. The summed E-state index contributed by atoms with van der Waals surface area (Å²) in [6.45, 7) is 1.78. The lowest BCUT2D eigenvalue weighted by Gasteiger charge is -2.12. The van der Waals surface area contributed by atoms with Gasteiger partial charge in [0.1, 0.15) is 5.82 Å². The molecule has 1 aromatic rings. The maximum Gasteiger partial charge on any atom is 0.293 e. The number of hydrogen-bond donors (Lipinski definition) is 1. The van der Waals surface area contributed by atoms with Crippen molar-refractivity contribution in [2.75, 3.05) is 7.05 Å². The molecule has 1 aliphatic rings. The van der Waals surface area contributed by atoms with E-state index in [0.29, 0.717) is 11.9 Å². The standard InChI is InChI=1S/C8H12N4O/c1-5-9-7(11-10-5)8(13)12(2)6-3-4-6/h6H,3-4H2,1-2H3,(H,9,10,11). The predicted octanol–water partition coefficient (Wildman–Crippen LogP) is 0.348. The third-order valence-corrected chi connectivity index (χ3v) is 2.20. The van der Waals surface area contributed by atoms with Gasteiger partial charge in [-0.3, -0.25) is 9.89 Å². The molecule has 0 atom stereocenters. The summed E-state index contributed by atoms with van der Waals surface area (Å²) in [6.07, 6.45) is 2.21. The first-order valence-electron chi connectivity index (χ1n) is 4.34. The van der Waals surface area contributed by atoms with Crippen molar-refractivity contribution in [3.8, 4) is 0 Å². The van der Waals surface area contributed by atoms with Gasteiger partial charge < -0.3 is 4.90 Å². The molecule has 2 rings (SSSR count). The Hall–Kier alpha value is -1.39. The normalized spacial score (nSPS) is 15.8. The van der Waals surface area contributed by atoms with Crippen LogP contribution >= 0.6 is 0 Å². The van der Waals surface area contributed by atoms with Crippen molar-refractivity contribution in [3.05, 3.63) is 11.6 Å². The molecule has 0 aromatic carbocycles. The van der Waals surface area contributed by atoms with Crippen molar-refractivity contribution in [2.24, 2.45) is 0 Å². The SMILES string of the molecule is Cc1nc(C(=O)N(C)C2CC2)n[nH]1. The highest BCUT2D eigenvalue weighted by Crippen LogP contribution is 2.25. The molecule has 5 nitrogen and oxygen atoms in total. The lowest BCUT2D eigenvalue weighted by atomic mass is 10.4. The summed E-state index contributed by atoms with van der Waals surface area (Å²) in [5, 5.41) is 6.47. The molecule has 0 spiro atoms. The van der Waals surface area contributed by atoms with Crippen molar-refractivity contribution in [3.63, 3.8) is 0 Å². The number of aromatic amines is 1. The van der Waals surface area contributed by atoms with E-state index in [-0.39, 0.29) is 11.7 Å². The second-order valence-corrected chi connectivity index (χ2v) is 3.39. The molecule has 0 unspecified atom stereocenters. The Labute approximate surface area is 76.2 Å². The topological polar surface area (TPSA) is 61.9 Å². The summed E-state index contributed by atoms with van der Waals surface area (Å²) in [7, 11) is 1.80. The van der Waals surface area contributed by atoms with Crippen LogP contribution in [0.15, 0.2) is 0 Å². The summed E-state index contributed by atoms with van der Waals surface area (Å²) in [5.41, 5.74) is 0. The van der Waals surface area contributed by atoms with E-state index < -0.39 is 0 Å². The van der Waals surface area contributed by atoms with Crippen LogP contribution in [-0.4, -0.2) is 39.1 Å². The van der Waals surface area contributed by atoms with Gasteiger partial charge in [-0.25, -0.2) is 4.98 Å². The zero-order valence-electron chi connectivity index (χ0n) is 7.74. The van der Waals surface area contributed by atoms with Crippen molar-refractivity contribution in [1.82, 2.24) is 20.1 Å². The molecule has 1 aromatic heterocycles. The maximum atomic E-state index is 11.6. The van der Waals surface area contributed by atoms with Gasteiger partial charge in [-0.05, 0) is 19.8 Å². The molecule has 1 aliphatic carbocycles. The first-order chi connectivity index (χ1) is 6.18. The van der Waals surface area contributed by atoms with Gasteiger partial charge in [0.25, 0.3) is 5.91 Å². The van der Waals surface area contributed by atoms with E-state index in [1.54, 1.807) is 18.9 Å². The third kappa shape index (κ3) is 1.54. The smallest absolute Gasteiger partial charge is 0.293 e. The van der Waals surface area contributed by atoms with E-state index in [1.807, 2.05) is 0 Å². The van der Waals surface area contributed by atoms with Crippen LogP contribution in [0.5, 0.6) is 0 Å². The minimum Gasteiger partial charge on any atom is -0.336 e. The number of carbonyl (C=O) groups is 1. The summed E-state index contributed by atoms with van der Waals surface area (Å²) in [5.74, 6) is 0.853. The number of nitrogens with one attached hydrogen (secondary N) is 1. The molecule has 1 fully saturated rings. The summed E-state index contributed by atoms with van der Waals surface area (Å²) < 4.78 is 0. The molecule has 1 heterocycles. The number of hydrogen-bond acceptors (Lipinski definition) is 3. The number of aromatic nitrogens is 3. The van der Waals surface area contributed by atoms with Crippen LogP contribution in [-0.2, 0) is 0 Å². The van der Waals surface area contributed by atoms with E-state index in [0.717, 1.165) is 12.8 Å². The van der Waals surface area contributed by atoms with Crippen molar-refractivity contribution < 1.29 is 4.79 Å². The van der Waals surface area contributed by atoms with Crippen LogP contribution < -0.4 is 0 Å². The van der Waals surface area contributed by atoms with Gasteiger partial charge >= 0.3 is 0 Å². The fraction of sp³-hybridized carbons (Fsp3) is 0.625. The number of carbonyl (C=O) groups excluding carboxylic acids is 1. The highest BCUT2D eigenvalue weighted by atomic mass is 16.2. The minimum absolute atomic E-state index is 0.0909. The molecule has 5 heteroatoms. The Morgan fingerprint density at radius 2 is 2.31 bits per heavy atom. The van der Waals surface area contributed by atoms with E-state index >= 15 is 0 Å². The molecular weight excluding hydrogens is 168 g/mol. The van der Waals surface area contributed by atoms with Gasteiger partial charge in [-0.1, -0.05) is 0 Å². The van der Waals surface area contributed by atoms with Crippen LogP contribution in [0.25, 0.3) is 0 Å². The fourth-order valence-corrected chi connectivity index (χ4v) is 1.22. The second kappa shape index (κ2) is 2.83. The van der Waals surface area contributed by atoms with Gasteiger partial charge in [0.05, 0.1) is 0 Å². The van der Waals surface area contributed by atoms with Gasteiger partial charge in [0.15, 0.2) is 0 Å². The monoisotopic (exact) mass is 180 g/mol. The lowest BCUT2D eigenvalue weighted by molar-refractivity contribution is 0.0773. The van der Waals surface area contributed by atoms with Crippen LogP contribution in [0.3, 0.4) is 0 Å². The zero-order chi connectivity index (χ0) is 9.42. The Bertz CT molecular complexity index is 329. The molecule has 0 aliphatic heterocycles. The zero-order valence-corrected chi connectivity index (χ0v) is 7.74. The minimum atomic E-state index is -0.0909. The first-order valence-corrected chi connectivity index (χ1v) is 4.34. The molecule has 1 N–H and O–H groups in total. The molecule has 70 valence electrons. The Kier molecular flexibility index (Phi) is 1.79. The van der Waals surface area contributed by atoms with Crippen molar-refractivity contribution in [1.29, 1.82) is 0 Å². The molecule has 1 saturated carbocycles. The number of nitrogens with zero attached hydrogens (tertiary/aromatic N) is 3. The van der Waals surface area contributed by atoms with Gasteiger partial charge in [0, 0.05) is 13.1 Å². The average Bonchev–Trinajstić information content (AvgIpc) is 2.87. The van der Waals surface area contributed by atoms with E-state index in [2.05, 4.69) is 15.2 Å². The van der Waals surface area contributed by atoms with E-state index in [4.69, 9.17) is 0 Å². The van der Waals surface area contributed by atoms with Crippen LogP contribution in [0.2, 0.25) is 0 Å². The Morgan fingerprint density at radius 3 is 2.77 bits per heavy atom. The Balaban J connectivity index is 2.11. The molecular formula is C8H12N4O. The molecule has 0 radical (unpaired) electrons. The van der Waals surface area contributed by atoms with Crippen LogP contribution in [0.4, 0.5) is 0 Å². The molecule has 1 amide bonds. The number of amides is 1. The molecule has 0 saturated heterocycles. The molecule has 13 heavy (non-hydrogen) atoms. The number of aryl methyl sites for hydroxylation is 1. The lowest BCUT2D eigenvalue weighted by Crippen LogP contribution is -2.29. The quantitative estimate of drug-likeness (QED) is 0.714. The summed E-state index contributed by atoms with van der Waals surface area (Å²) >= 11 is 0. The number of H-pyrrole nitrogens is 1. The maximum absolute atomic E-state index is 11.6. The third-order valence-electron chi connectivity index (χ3n) is 2.20. The van der Waals surface area contributed by atoms with E-state index in [1.165, 1.54) is 0 Å². The van der Waals surface area contributed by atoms with Gasteiger partial charge in [0.2, 0.25) is 5.82 Å². The van der Waals surface area contributed by atoms with E-state index in [9.17, 15) is 4.79 Å². The fourth-order valence-electron chi connectivity index (χ4n) is 1.22.